The van der Waals surface area contributed by atoms with Gasteiger partial charge in [0.15, 0.2) is 0 Å². The van der Waals surface area contributed by atoms with Gasteiger partial charge in [-0.3, -0.25) is 9.36 Å². The Balaban J connectivity index is 1.57. The van der Waals surface area contributed by atoms with Crippen LogP contribution in [-0.4, -0.2) is 46.3 Å². The lowest BCUT2D eigenvalue weighted by atomic mass is 10.1. The third-order valence-corrected chi connectivity index (χ3v) is 7.55. The molecule has 8 nitrogen and oxygen atoms in total. The van der Waals surface area contributed by atoms with E-state index in [0.717, 1.165) is 11.0 Å². The van der Waals surface area contributed by atoms with E-state index in [4.69, 9.17) is 0 Å². The molecular weight excluding hydrogens is 438 g/mol. The van der Waals surface area contributed by atoms with Crippen molar-refractivity contribution >= 4 is 32.7 Å². The minimum atomic E-state index is -3.66. The summed E-state index contributed by atoms with van der Waals surface area (Å²) in [6, 6.07) is 15.9. The number of rotatable bonds is 7. The molecule has 0 fully saturated rings. The number of aryl methyl sites for hydroxylation is 1. The second-order valence-electron chi connectivity index (χ2n) is 7.53. The van der Waals surface area contributed by atoms with Crippen molar-refractivity contribution in [1.82, 2.24) is 18.8 Å². The fourth-order valence-electron chi connectivity index (χ4n) is 3.66. The van der Waals surface area contributed by atoms with E-state index in [-0.39, 0.29) is 4.90 Å². The second kappa shape index (κ2) is 9.13. The average Bonchev–Trinajstić information content (AvgIpc) is 3.24. The Morgan fingerprint density at radius 3 is 2.48 bits per heavy atom. The van der Waals surface area contributed by atoms with Gasteiger partial charge in [0.05, 0.1) is 27.8 Å². The van der Waals surface area contributed by atoms with Gasteiger partial charge in [-0.1, -0.05) is 32.0 Å². The maximum absolute atomic E-state index is 12.9. The van der Waals surface area contributed by atoms with E-state index in [1.54, 1.807) is 51.5 Å². The van der Waals surface area contributed by atoms with Crippen molar-refractivity contribution in [3.8, 4) is 5.82 Å². The van der Waals surface area contributed by atoms with Gasteiger partial charge in [-0.25, -0.2) is 18.4 Å². The zero-order chi connectivity index (χ0) is 23.6. The Kier molecular flexibility index (Phi) is 6.26. The molecule has 9 heteroatoms. The first kappa shape index (κ1) is 22.6. The molecule has 170 valence electrons. The fraction of sp³-hybridized carbons (Fsp3) is 0.208. The number of amides is 1. The highest BCUT2D eigenvalue weighted by Gasteiger charge is 2.23. The van der Waals surface area contributed by atoms with Crippen LogP contribution >= 0.6 is 0 Å². The molecule has 0 saturated heterocycles. The molecule has 0 atom stereocenters. The Labute approximate surface area is 193 Å². The first-order chi connectivity index (χ1) is 15.8. The van der Waals surface area contributed by atoms with Gasteiger partial charge in [0.25, 0.3) is 5.91 Å². The summed E-state index contributed by atoms with van der Waals surface area (Å²) < 4.78 is 28.9. The Morgan fingerprint density at radius 2 is 1.79 bits per heavy atom. The number of nitrogens with one attached hydrogen (secondary N) is 1. The van der Waals surface area contributed by atoms with Crippen LogP contribution in [-0.2, 0) is 10.0 Å². The topological polar surface area (TPSA) is 97.2 Å². The van der Waals surface area contributed by atoms with Crippen LogP contribution in [0.3, 0.4) is 0 Å². The molecule has 1 N–H and O–H groups in total. The number of hydrogen-bond acceptors (Lipinski definition) is 5. The predicted octanol–water partition coefficient (Wildman–Crippen LogP) is 4.01. The molecule has 4 rings (SSSR count). The summed E-state index contributed by atoms with van der Waals surface area (Å²) in [6.45, 7) is 6.06. The Morgan fingerprint density at radius 1 is 1.03 bits per heavy atom. The van der Waals surface area contributed by atoms with Gasteiger partial charge < -0.3 is 5.32 Å². The zero-order valence-electron chi connectivity index (χ0n) is 18.7. The third-order valence-electron chi connectivity index (χ3n) is 5.50. The minimum absolute atomic E-state index is 0.0995. The number of nitrogens with zero attached hydrogens (tertiary/aromatic N) is 4. The van der Waals surface area contributed by atoms with Crippen LogP contribution in [0, 0.1) is 6.92 Å². The molecule has 33 heavy (non-hydrogen) atoms. The summed E-state index contributed by atoms with van der Waals surface area (Å²) in [7, 11) is -3.66. The van der Waals surface area contributed by atoms with Gasteiger partial charge in [-0.15, -0.1) is 0 Å². The number of pyridine rings is 1. The van der Waals surface area contributed by atoms with Crippen molar-refractivity contribution in [3.05, 3.63) is 78.2 Å². The molecular formula is C24H25N5O3S. The summed E-state index contributed by atoms with van der Waals surface area (Å²) in [5, 5.41) is 2.81. The molecule has 1 amide bonds. The van der Waals surface area contributed by atoms with E-state index in [9.17, 15) is 13.2 Å². The van der Waals surface area contributed by atoms with Crippen LogP contribution in [0.4, 0.5) is 5.69 Å². The van der Waals surface area contributed by atoms with E-state index in [1.807, 2.05) is 28.8 Å². The highest BCUT2D eigenvalue weighted by atomic mass is 32.2. The van der Waals surface area contributed by atoms with Crippen molar-refractivity contribution in [3.63, 3.8) is 0 Å². The van der Waals surface area contributed by atoms with E-state index in [2.05, 4.69) is 15.3 Å². The number of carbonyl (C=O) groups is 1. The van der Waals surface area contributed by atoms with E-state index < -0.39 is 15.9 Å². The highest BCUT2D eigenvalue weighted by Crippen LogP contribution is 2.22. The van der Waals surface area contributed by atoms with Gasteiger partial charge in [-0.2, -0.15) is 4.31 Å². The summed E-state index contributed by atoms with van der Waals surface area (Å²) in [5.41, 5.74) is 3.29. The predicted molar refractivity (Wildman–Crippen MR) is 128 cm³/mol. The van der Waals surface area contributed by atoms with Crippen molar-refractivity contribution < 1.29 is 13.2 Å². The number of benzene rings is 2. The molecule has 0 aliphatic rings. The van der Waals surface area contributed by atoms with Crippen LogP contribution in [0.2, 0.25) is 0 Å². The second-order valence-corrected chi connectivity index (χ2v) is 9.47. The lowest BCUT2D eigenvalue weighted by molar-refractivity contribution is 0.102. The summed E-state index contributed by atoms with van der Waals surface area (Å²) in [5.74, 6) is 0.275. The number of hydrogen-bond donors (Lipinski definition) is 1. The fourth-order valence-corrected chi connectivity index (χ4v) is 5.15. The number of anilines is 1. The van der Waals surface area contributed by atoms with Crippen molar-refractivity contribution in [2.45, 2.75) is 25.7 Å². The molecule has 2 heterocycles. The highest BCUT2D eigenvalue weighted by molar-refractivity contribution is 7.89. The molecule has 2 aromatic carbocycles. The van der Waals surface area contributed by atoms with Crippen LogP contribution in [0.1, 0.15) is 29.8 Å². The number of fused-ring (bicyclic) bond motifs is 1. The molecule has 2 aromatic heterocycles. The number of aromatic nitrogens is 3. The quantitative estimate of drug-likeness (QED) is 0.447. The van der Waals surface area contributed by atoms with E-state index in [0.29, 0.717) is 35.7 Å². The Bertz CT molecular complexity index is 1410. The normalized spacial score (nSPS) is 11.8. The first-order valence-electron chi connectivity index (χ1n) is 10.7. The standard InChI is InChI=1S/C24H25N5O3S/c1-4-28(5-2)33(31,32)19-12-10-17(3)20(14-19)24(30)27-18-11-13-23(25-15-18)29-16-26-21-8-6-7-9-22(21)29/h6-16H,4-5H2,1-3H3,(H,27,30). The van der Waals surface area contributed by atoms with Gasteiger partial charge >= 0.3 is 0 Å². The van der Waals surface area contributed by atoms with Crippen molar-refractivity contribution in [1.29, 1.82) is 0 Å². The minimum Gasteiger partial charge on any atom is -0.321 e. The molecule has 0 spiro atoms. The average molecular weight is 464 g/mol. The maximum Gasteiger partial charge on any atom is 0.256 e. The summed E-state index contributed by atoms with van der Waals surface area (Å²) >= 11 is 0. The lowest BCUT2D eigenvalue weighted by Crippen LogP contribution is -2.30. The van der Waals surface area contributed by atoms with Gasteiger partial charge in [0, 0.05) is 18.7 Å². The summed E-state index contributed by atoms with van der Waals surface area (Å²) in [6.07, 6.45) is 3.27. The van der Waals surface area contributed by atoms with Gasteiger partial charge in [-0.05, 0) is 48.9 Å². The monoisotopic (exact) mass is 463 g/mol. The SMILES string of the molecule is CCN(CC)S(=O)(=O)c1ccc(C)c(C(=O)Nc2ccc(-n3cnc4ccccc43)nc2)c1. The van der Waals surface area contributed by atoms with Crippen molar-refractivity contribution in [2.75, 3.05) is 18.4 Å². The number of sulfonamides is 1. The third kappa shape index (κ3) is 4.37. The van der Waals surface area contributed by atoms with Gasteiger partial charge in [0.1, 0.15) is 12.1 Å². The largest absolute Gasteiger partial charge is 0.321 e. The van der Waals surface area contributed by atoms with Crippen molar-refractivity contribution in [2.24, 2.45) is 0 Å². The number of carbonyl (C=O) groups excluding carboxylic acids is 1. The number of para-hydroxylation sites is 2. The maximum atomic E-state index is 12.9. The van der Waals surface area contributed by atoms with Crippen LogP contribution in [0.15, 0.2) is 72.0 Å². The number of imidazole rings is 1. The van der Waals surface area contributed by atoms with E-state index in [1.165, 1.54) is 16.4 Å². The van der Waals surface area contributed by atoms with Crippen LogP contribution < -0.4 is 5.32 Å². The molecule has 0 aliphatic carbocycles. The molecule has 0 radical (unpaired) electrons. The van der Waals surface area contributed by atoms with Crippen LogP contribution in [0.25, 0.3) is 16.9 Å². The summed E-state index contributed by atoms with van der Waals surface area (Å²) in [4.78, 5) is 21.9. The molecule has 0 aliphatic heterocycles. The first-order valence-corrected chi connectivity index (χ1v) is 12.1. The van der Waals surface area contributed by atoms with Crippen LogP contribution in [0.5, 0.6) is 0 Å². The molecule has 0 saturated carbocycles. The molecule has 0 bridgehead atoms. The lowest BCUT2D eigenvalue weighted by Gasteiger charge is -2.19. The zero-order valence-corrected chi connectivity index (χ0v) is 19.5. The van der Waals surface area contributed by atoms with E-state index >= 15 is 0 Å². The Hall–Kier alpha value is -3.56. The van der Waals surface area contributed by atoms with Gasteiger partial charge in [0.2, 0.25) is 10.0 Å². The molecule has 0 unspecified atom stereocenters. The molecule has 4 aromatic rings. The smallest absolute Gasteiger partial charge is 0.256 e.